The normalized spacial score (nSPS) is 15.9. The summed E-state index contributed by atoms with van der Waals surface area (Å²) in [6, 6.07) is 14.9. The van der Waals surface area contributed by atoms with Crippen molar-refractivity contribution in [3.05, 3.63) is 63.6 Å². The standard InChI is InChI=1S/C19H22Cl2N2/c1-2-15-3-5-16(6-4-15)14-22-9-11-23(12-10-22)17-7-8-18(20)19(21)13-17/h3-8,13H,2,9-12,14H2,1H3. The molecule has 1 aliphatic rings. The van der Waals surface area contributed by atoms with Crippen molar-refractivity contribution in [1.29, 1.82) is 0 Å². The Kier molecular flexibility index (Phi) is 5.47. The molecule has 23 heavy (non-hydrogen) atoms. The second-order valence-electron chi connectivity index (χ2n) is 6.03. The van der Waals surface area contributed by atoms with Crippen LogP contribution in [0.4, 0.5) is 5.69 Å². The third-order valence-corrected chi connectivity index (χ3v) is 5.22. The minimum atomic E-state index is 0.615. The van der Waals surface area contributed by atoms with E-state index in [4.69, 9.17) is 23.2 Å². The zero-order valence-electron chi connectivity index (χ0n) is 13.4. The van der Waals surface area contributed by atoms with Gasteiger partial charge in [-0.05, 0) is 35.7 Å². The minimum Gasteiger partial charge on any atom is -0.369 e. The molecule has 1 aliphatic heterocycles. The molecule has 0 radical (unpaired) electrons. The van der Waals surface area contributed by atoms with Crippen molar-refractivity contribution in [3.63, 3.8) is 0 Å². The average molecular weight is 349 g/mol. The summed E-state index contributed by atoms with van der Waals surface area (Å²) in [5, 5.41) is 1.24. The highest BCUT2D eigenvalue weighted by Gasteiger charge is 2.17. The Morgan fingerprint density at radius 3 is 2.09 bits per heavy atom. The monoisotopic (exact) mass is 348 g/mol. The largest absolute Gasteiger partial charge is 0.369 e. The number of aryl methyl sites for hydroxylation is 1. The molecule has 2 aromatic rings. The van der Waals surface area contributed by atoms with Crippen molar-refractivity contribution < 1.29 is 0 Å². The number of piperazine rings is 1. The number of benzene rings is 2. The van der Waals surface area contributed by atoms with Gasteiger partial charge in [0.05, 0.1) is 10.0 Å². The van der Waals surface area contributed by atoms with Crippen molar-refractivity contribution in [3.8, 4) is 0 Å². The summed E-state index contributed by atoms with van der Waals surface area (Å²) in [5.74, 6) is 0. The molecule has 0 unspecified atom stereocenters. The van der Waals surface area contributed by atoms with Gasteiger partial charge in [0.1, 0.15) is 0 Å². The van der Waals surface area contributed by atoms with Crippen LogP contribution in [0.1, 0.15) is 18.1 Å². The van der Waals surface area contributed by atoms with Gasteiger partial charge >= 0.3 is 0 Å². The van der Waals surface area contributed by atoms with Gasteiger partial charge < -0.3 is 4.90 Å². The van der Waals surface area contributed by atoms with Gasteiger partial charge in [0.15, 0.2) is 0 Å². The topological polar surface area (TPSA) is 6.48 Å². The molecule has 0 amide bonds. The van der Waals surface area contributed by atoms with Crippen LogP contribution in [0.25, 0.3) is 0 Å². The van der Waals surface area contributed by atoms with Crippen LogP contribution in [0.15, 0.2) is 42.5 Å². The Hall–Kier alpha value is -1.22. The predicted molar refractivity (Wildman–Crippen MR) is 99.8 cm³/mol. The van der Waals surface area contributed by atoms with Gasteiger partial charge in [0, 0.05) is 38.4 Å². The van der Waals surface area contributed by atoms with Gasteiger partial charge in [-0.2, -0.15) is 0 Å². The summed E-state index contributed by atoms with van der Waals surface area (Å²) in [6.07, 6.45) is 1.10. The highest BCUT2D eigenvalue weighted by atomic mass is 35.5. The number of nitrogens with zero attached hydrogens (tertiary/aromatic N) is 2. The van der Waals surface area contributed by atoms with Crippen LogP contribution < -0.4 is 4.90 Å². The summed E-state index contributed by atoms with van der Waals surface area (Å²) in [6.45, 7) is 7.39. The lowest BCUT2D eigenvalue weighted by molar-refractivity contribution is 0.250. The highest BCUT2D eigenvalue weighted by molar-refractivity contribution is 6.42. The predicted octanol–water partition coefficient (Wildman–Crippen LogP) is 4.88. The fraction of sp³-hybridized carbons (Fsp3) is 0.368. The first-order valence-electron chi connectivity index (χ1n) is 8.16. The molecular weight excluding hydrogens is 327 g/mol. The molecular formula is C19H22Cl2N2. The highest BCUT2D eigenvalue weighted by Crippen LogP contribution is 2.27. The van der Waals surface area contributed by atoms with Crippen LogP contribution in [-0.2, 0) is 13.0 Å². The SMILES string of the molecule is CCc1ccc(CN2CCN(c3ccc(Cl)c(Cl)c3)CC2)cc1. The molecule has 2 aromatic carbocycles. The van der Waals surface area contributed by atoms with E-state index in [9.17, 15) is 0 Å². The molecule has 0 spiro atoms. The summed E-state index contributed by atoms with van der Waals surface area (Å²) in [5.41, 5.74) is 3.95. The van der Waals surface area contributed by atoms with Crippen molar-refractivity contribution in [2.75, 3.05) is 31.1 Å². The van der Waals surface area contributed by atoms with Crippen LogP contribution in [0.3, 0.4) is 0 Å². The molecule has 0 aliphatic carbocycles. The second-order valence-corrected chi connectivity index (χ2v) is 6.85. The van der Waals surface area contributed by atoms with Crippen molar-refractivity contribution in [2.45, 2.75) is 19.9 Å². The fourth-order valence-corrected chi connectivity index (χ4v) is 3.28. The molecule has 3 rings (SSSR count). The van der Waals surface area contributed by atoms with Crippen LogP contribution in [0, 0.1) is 0 Å². The first-order chi connectivity index (χ1) is 11.2. The number of halogens is 2. The molecule has 4 heteroatoms. The van der Waals surface area contributed by atoms with Gasteiger partial charge in [-0.25, -0.2) is 0 Å². The summed E-state index contributed by atoms with van der Waals surface area (Å²) >= 11 is 12.1. The van der Waals surface area contributed by atoms with Crippen LogP contribution >= 0.6 is 23.2 Å². The lowest BCUT2D eigenvalue weighted by atomic mass is 10.1. The van der Waals surface area contributed by atoms with Gasteiger partial charge in [0.25, 0.3) is 0 Å². The summed E-state index contributed by atoms with van der Waals surface area (Å²) < 4.78 is 0. The quantitative estimate of drug-likeness (QED) is 0.776. The van der Waals surface area contributed by atoms with Crippen LogP contribution in [0.2, 0.25) is 10.0 Å². The zero-order valence-corrected chi connectivity index (χ0v) is 14.9. The Morgan fingerprint density at radius 2 is 1.48 bits per heavy atom. The summed E-state index contributed by atoms with van der Waals surface area (Å²) in [4.78, 5) is 4.88. The van der Waals surface area contributed by atoms with E-state index in [1.54, 1.807) is 0 Å². The smallest absolute Gasteiger partial charge is 0.0612 e. The lowest BCUT2D eigenvalue weighted by Crippen LogP contribution is -2.45. The molecule has 1 saturated heterocycles. The van der Waals surface area contributed by atoms with E-state index in [0.29, 0.717) is 10.0 Å². The maximum atomic E-state index is 6.12. The maximum Gasteiger partial charge on any atom is 0.0612 e. The molecule has 1 fully saturated rings. The third-order valence-electron chi connectivity index (χ3n) is 4.48. The molecule has 122 valence electrons. The zero-order chi connectivity index (χ0) is 16.2. The van der Waals surface area contributed by atoms with E-state index in [1.807, 2.05) is 18.2 Å². The molecule has 0 aromatic heterocycles. The molecule has 1 heterocycles. The van der Waals surface area contributed by atoms with Gasteiger partial charge in [-0.1, -0.05) is 54.4 Å². The molecule has 0 bridgehead atoms. The molecule has 0 saturated carbocycles. The van der Waals surface area contributed by atoms with E-state index in [-0.39, 0.29) is 0 Å². The Balaban J connectivity index is 1.56. The van der Waals surface area contributed by atoms with Crippen LogP contribution in [0.5, 0.6) is 0 Å². The maximum absolute atomic E-state index is 6.12. The average Bonchev–Trinajstić information content (AvgIpc) is 2.59. The first kappa shape index (κ1) is 16.6. The number of hydrogen-bond donors (Lipinski definition) is 0. The van der Waals surface area contributed by atoms with E-state index in [2.05, 4.69) is 41.0 Å². The van der Waals surface area contributed by atoms with Crippen LogP contribution in [-0.4, -0.2) is 31.1 Å². The van der Waals surface area contributed by atoms with Crippen molar-refractivity contribution >= 4 is 28.9 Å². The van der Waals surface area contributed by atoms with Crippen molar-refractivity contribution in [2.24, 2.45) is 0 Å². The fourth-order valence-electron chi connectivity index (χ4n) is 2.98. The van der Waals surface area contributed by atoms with E-state index >= 15 is 0 Å². The first-order valence-corrected chi connectivity index (χ1v) is 8.91. The Labute approximate surface area is 148 Å². The van der Waals surface area contributed by atoms with E-state index < -0.39 is 0 Å². The molecule has 0 atom stereocenters. The third kappa shape index (κ3) is 4.20. The second kappa shape index (κ2) is 7.57. The Morgan fingerprint density at radius 1 is 0.826 bits per heavy atom. The lowest BCUT2D eigenvalue weighted by Gasteiger charge is -2.36. The van der Waals surface area contributed by atoms with E-state index in [1.165, 1.54) is 11.1 Å². The van der Waals surface area contributed by atoms with Gasteiger partial charge in [0.2, 0.25) is 0 Å². The Bertz CT molecular complexity index is 647. The van der Waals surface area contributed by atoms with Gasteiger partial charge in [-0.15, -0.1) is 0 Å². The number of anilines is 1. The summed E-state index contributed by atoms with van der Waals surface area (Å²) in [7, 11) is 0. The number of rotatable bonds is 4. The number of hydrogen-bond acceptors (Lipinski definition) is 2. The van der Waals surface area contributed by atoms with Gasteiger partial charge in [-0.3, -0.25) is 4.90 Å². The van der Waals surface area contributed by atoms with E-state index in [0.717, 1.165) is 44.8 Å². The van der Waals surface area contributed by atoms with Crippen molar-refractivity contribution in [1.82, 2.24) is 4.90 Å². The minimum absolute atomic E-state index is 0.615. The molecule has 0 N–H and O–H groups in total. The molecule has 2 nitrogen and oxygen atoms in total.